The second-order valence-corrected chi connectivity index (χ2v) is 6.79. The van der Waals surface area contributed by atoms with E-state index in [-0.39, 0.29) is 0 Å². The quantitative estimate of drug-likeness (QED) is 0.818. The standard InChI is InChI=1S/C15H29N3/c1-17-8-2-3-15(12-17)16-14-6-9-18(10-7-14)11-13-4-5-13/h13-16H,2-12H2,1H3/t15-/m1/s1. The first-order valence-corrected chi connectivity index (χ1v) is 7.96. The highest BCUT2D eigenvalue weighted by Gasteiger charge is 2.28. The molecule has 3 rings (SSSR count). The number of piperidine rings is 2. The summed E-state index contributed by atoms with van der Waals surface area (Å²) in [5, 5.41) is 3.91. The van der Waals surface area contributed by atoms with Crippen molar-refractivity contribution in [1.29, 1.82) is 0 Å². The largest absolute Gasteiger partial charge is 0.310 e. The lowest BCUT2D eigenvalue weighted by molar-refractivity contribution is 0.162. The smallest absolute Gasteiger partial charge is 0.0197 e. The van der Waals surface area contributed by atoms with Gasteiger partial charge < -0.3 is 15.1 Å². The summed E-state index contributed by atoms with van der Waals surface area (Å²) in [6, 6.07) is 1.54. The number of hydrogen-bond acceptors (Lipinski definition) is 3. The van der Waals surface area contributed by atoms with Crippen LogP contribution in [0.5, 0.6) is 0 Å². The van der Waals surface area contributed by atoms with Gasteiger partial charge in [0.15, 0.2) is 0 Å². The van der Waals surface area contributed by atoms with Gasteiger partial charge in [-0.05, 0) is 71.1 Å². The molecule has 3 nitrogen and oxygen atoms in total. The molecule has 0 unspecified atom stereocenters. The van der Waals surface area contributed by atoms with E-state index in [9.17, 15) is 0 Å². The molecule has 2 aliphatic heterocycles. The molecule has 0 aromatic carbocycles. The van der Waals surface area contributed by atoms with Crippen LogP contribution in [0.2, 0.25) is 0 Å². The van der Waals surface area contributed by atoms with Crippen LogP contribution in [0.25, 0.3) is 0 Å². The lowest BCUT2D eigenvalue weighted by Gasteiger charge is -2.37. The van der Waals surface area contributed by atoms with E-state index in [1.54, 1.807) is 0 Å². The minimum Gasteiger partial charge on any atom is -0.310 e. The molecular formula is C15H29N3. The second kappa shape index (κ2) is 5.89. The molecule has 0 aromatic heterocycles. The number of nitrogens with zero attached hydrogens (tertiary/aromatic N) is 2. The monoisotopic (exact) mass is 251 g/mol. The van der Waals surface area contributed by atoms with Gasteiger partial charge in [0.2, 0.25) is 0 Å². The molecule has 0 amide bonds. The molecule has 104 valence electrons. The summed E-state index contributed by atoms with van der Waals surface area (Å²) < 4.78 is 0. The maximum absolute atomic E-state index is 3.91. The highest BCUT2D eigenvalue weighted by molar-refractivity contribution is 4.86. The van der Waals surface area contributed by atoms with E-state index in [2.05, 4.69) is 22.2 Å². The number of likely N-dealkylation sites (tertiary alicyclic amines) is 2. The zero-order valence-electron chi connectivity index (χ0n) is 11.9. The molecule has 3 fully saturated rings. The summed E-state index contributed by atoms with van der Waals surface area (Å²) in [4.78, 5) is 5.17. The number of rotatable bonds is 4. The van der Waals surface area contributed by atoms with Gasteiger partial charge in [-0.1, -0.05) is 0 Å². The van der Waals surface area contributed by atoms with E-state index in [1.165, 1.54) is 71.2 Å². The molecule has 1 atom stereocenters. The van der Waals surface area contributed by atoms with Gasteiger partial charge in [-0.3, -0.25) is 0 Å². The SMILES string of the molecule is CN1CCC[C@@H](NC2CCN(CC3CC3)CC2)C1. The van der Waals surface area contributed by atoms with Gasteiger partial charge in [-0.15, -0.1) is 0 Å². The predicted octanol–water partition coefficient (Wildman–Crippen LogP) is 1.54. The lowest BCUT2D eigenvalue weighted by Crippen LogP contribution is -2.51. The minimum absolute atomic E-state index is 0.753. The lowest BCUT2D eigenvalue weighted by atomic mass is 10.00. The Kier molecular flexibility index (Phi) is 4.22. The van der Waals surface area contributed by atoms with E-state index in [1.807, 2.05) is 0 Å². The average molecular weight is 251 g/mol. The van der Waals surface area contributed by atoms with Crippen molar-refractivity contribution in [3.8, 4) is 0 Å². The van der Waals surface area contributed by atoms with Crippen LogP contribution in [0, 0.1) is 5.92 Å². The molecule has 0 bridgehead atoms. The van der Waals surface area contributed by atoms with Crippen LogP contribution >= 0.6 is 0 Å². The fraction of sp³-hybridized carbons (Fsp3) is 1.00. The molecule has 0 radical (unpaired) electrons. The van der Waals surface area contributed by atoms with Gasteiger partial charge >= 0.3 is 0 Å². The Bertz CT molecular complexity index is 256. The van der Waals surface area contributed by atoms with E-state index >= 15 is 0 Å². The fourth-order valence-corrected chi connectivity index (χ4v) is 3.58. The Morgan fingerprint density at radius 3 is 2.39 bits per heavy atom. The predicted molar refractivity (Wildman–Crippen MR) is 75.8 cm³/mol. The van der Waals surface area contributed by atoms with E-state index in [0.717, 1.165) is 18.0 Å². The van der Waals surface area contributed by atoms with Crippen LogP contribution in [-0.2, 0) is 0 Å². The van der Waals surface area contributed by atoms with Crippen LogP contribution in [0.3, 0.4) is 0 Å². The zero-order valence-corrected chi connectivity index (χ0v) is 11.9. The normalized spacial score (nSPS) is 32.8. The number of nitrogens with one attached hydrogen (secondary N) is 1. The third-order valence-corrected chi connectivity index (χ3v) is 4.90. The van der Waals surface area contributed by atoms with E-state index < -0.39 is 0 Å². The molecule has 1 N–H and O–H groups in total. The Labute approximate surface area is 112 Å². The third-order valence-electron chi connectivity index (χ3n) is 4.90. The van der Waals surface area contributed by atoms with Crippen molar-refractivity contribution in [3.63, 3.8) is 0 Å². The molecule has 0 spiro atoms. The molecule has 2 saturated heterocycles. The maximum Gasteiger partial charge on any atom is 0.0197 e. The minimum atomic E-state index is 0.753. The van der Waals surface area contributed by atoms with Crippen molar-refractivity contribution in [1.82, 2.24) is 15.1 Å². The van der Waals surface area contributed by atoms with Gasteiger partial charge in [0, 0.05) is 25.2 Å². The average Bonchev–Trinajstić information content (AvgIpc) is 3.16. The van der Waals surface area contributed by atoms with Gasteiger partial charge in [-0.2, -0.15) is 0 Å². The summed E-state index contributed by atoms with van der Waals surface area (Å²) in [5.74, 6) is 1.06. The van der Waals surface area contributed by atoms with E-state index in [0.29, 0.717) is 0 Å². The second-order valence-electron chi connectivity index (χ2n) is 6.79. The van der Waals surface area contributed by atoms with Gasteiger partial charge in [0.05, 0.1) is 0 Å². The van der Waals surface area contributed by atoms with Crippen molar-refractivity contribution < 1.29 is 0 Å². The summed E-state index contributed by atoms with van der Waals surface area (Å²) in [6.07, 6.45) is 8.47. The van der Waals surface area contributed by atoms with Crippen molar-refractivity contribution in [2.75, 3.05) is 39.8 Å². The Morgan fingerprint density at radius 1 is 0.944 bits per heavy atom. The molecule has 1 saturated carbocycles. The zero-order chi connectivity index (χ0) is 12.4. The first-order chi connectivity index (χ1) is 8.79. The Morgan fingerprint density at radius 2 is 1.72 bits per heavy atom. The molecule has 0 aromatic rings. The molecule has 3 heteroatoms. The highest BCUT2D eigenvalue weighted by Crippen LogP contribution is 2.30. The van der Waals surface area contributed by atoms with Crippen LogP contribution in [-0.4, -0.2) is 61.7 Å². The van der Waals surface area contributed by atoms with Gasteiger partial charge in [0.1, 0.15) is 0 Å². The highest BCUT2D eigenvalue weighted by atomic mass is 15.2. The molecule has 18 heavy (non-hydrogen) atoms. The van der Waals surface area contributed by atoms with Crippen LogP contribution < -0.4 is 5.32 Å². The molecule has 1 aliphatic carbocycles. The van der Waals surface area contributed by atoms with E-state index in [4.69, 9.17) is 0 Å². The van der Waals surface area contributed by atoms with Crippen molar-refractivity contribution >= 4 is 0 Å². The summed E-state index contributed by atoms with van der Waals surface area (Å²) in [7, 11) is 2.26. The molecule has 3 aliphatic rings. The fourth-order valence-electron chi connectivity index (χ4n) is 3.58. The topological polar surface area (TPSA) is 18.5 Å². The van der Waals surface area contributed by atoms with Crippen molar-refractivity contribution in [2.45, 2.75) is 50.6 Å². The number of likely N-dealkylation sites (N-methyl/N-ethyl adjacent to an activating group) is 1. The summed E-state index contributed by atoms with van der Waals surface area (Å²) in [6.45, 7) is 6.59. The Balaban J connectivity index is 1.36. The van der Waals surface area contributed by atoms with Crippen LogP contribution in [0.4, 0.5) is 0 Å². The van der Waals surface area contributed by atoms with Crippen molar-refractivity contribution in [2.24, 2.45) is 5.92 Å². The first-order valence-electron chi connectivity index (χ1n) is 7.96. The van der Waals surface area contributed by atoms with Gasteiger partial charge in [-0.25, -0.2) is 0 Å². The maximum atomic E-state index is 3.91. The van der Waals surface area contributed by atoms with Crippen LogP contribution in [0.1, 0.15) is 38.5 Å². The summed E-state index contributed by atoms with van der Waals surface area (Å²) in [5.41, 5.74) is 0. The molecular weight excluding hydrogens is 222 g/mol. The third kappa shape index (κ3) is 3.69. The van der Waals surface area contributed by atoms with Crippen LogP contribution in [0.15, 0.2) is 0 Å². The summed E-state index contributed by atoms with van der Waals surface area (Å²) >= 11 is 0. The number of hydrogen-bond donors (Lipinski definition) is 1. The van der Waals surface area contributed by atoms with Crippen molar-refractivity contribution in [3.05, 3.63) is 0 Å². The Hall–Kier alpha value is -0.120. The first kappa shape index (κ1) is 12.9. The molecule has 2 heterocycles. The van der Waals surface area contributed by atoms with Gasteiger partial charge in [0.25, 0.3) is 0 Å².